The summed E-state index contributed by atoms with van der Waals surface area (Å²) < 4.78 is 5.66. The first-order valence-electron chi connectivity index (χ1n) is 6.26. The van der Waals surface area contributed by atoms with Crippen molar-refractivity contribution in [1.29, 1.82) is 0 Å². The molecule has 0 spiro atoms. The molecule has 2 heterocycles. The van der Waals surface area contributed by atoms with E-state index < -0.39 is 0 Å². The lowest BCUT2D eigenvalue weighted by molar-refractivity contribution is 0.374. The Bertz CT molecular complexity index is 558. The summed E-state index contributed by atoms with van der Waals surface area (Å²) >= 11 is 7.62. The minimum absolute atomic E-state index is 0. The predicted octanol–water partition coefficient (Wildman–Crippen LogP) is 3.86. The molecule has 3 rings (SSSR count). The highest BCUT2D eigenvalue weighted by Crippen LogP contribution is 2.28. The van der Waals surface area contributed by atoms with E-state index in [4.69, 9.17) is 16.0 Å². The third-order valence-corrected chi connectivity index (χ3v) is 4.33. The Labute approximate surface area is 133 Å². The molecule has 4 nitrogen and oxygen atoms in total. The van der Waals surface area contributed by atoms with E-state index in [0.717, 1.165) is 35.7 Å². The second kappa shape index (κ2) is 7.31. The molecule has 1 aliphatic rings. The van der Waals surface area contributed by atoms with Crippen LogP contribution < -0.4 is 5.32 Å². The minimum Gasteiger partial charge on any atom is -0.414 e. The van der Waals surface area contributed by atoms with Gasteiger partial charge in [-0.25, -0.2) is 0 Å². The smallest absolute Gasteiger partial charge is 0.276 e. The largest absolute Gasteiger partial charge is 0.414 e. The summed E-state index contributed by atoms with van der Waals surface area (Å²) in [6.45, 7) is 1.02. The molecule has 1 fully saturated rings. The van der Waals surface area contributed by atoms with Crippen LogP contribution in [0.4, 0.5) is 0 Å². The fourth-order valence-electron chi connectivity index (χ4n) is 2.07. The van der Waals surface area contributed by atoms with Crippen LogP contribution in [0.25, 0.3) is 0 Å². The molecular formula is C13H15Cl2N3OS. The van der Waals surface area contributed by atoms with Crippen LogP contribution in [0.1, 0.15) is 30.3 Å². The topological polar surface area (TPSA) is 51.0 Å². The van der Waals surface area contributed by atoms with Gasteiger partial charge in [0.2, 0.25) is 5.89 Å². The molecular weight excluding hydrogens is 317 g/mol. The summed E-state index contributed by atoms with van der Waals surface area (Å²) in [7, 11) is 0. The Morgan fingerprint density at radius 1 is 1.35 bits per heavy atom. The molecule has 0 saturated carbocycles. The predicted molar refractivity (Wildman–Crippen MR) is 82.5 cm³/mol. The SMILES string of the molecule is Cl.Clc1ccccc1CSc1nnc(C2CCCN2)o1. The lowest BCUT2D eigenvalue weighted by atomic mass is 10.2. The Hall–Kier alpha value is -0.750. The summed E-state index contributed by atoms with van der Waals surface area (Å²) in [6, 6.07) is 8.02. The monoisotopic (exact) mass is 331 g/mol. The van der Waals surface area contributed by atoms with E-state index >= 15 is 0 Å². The zero-order valence-corrected chi connectivity index (χ0v) is 13.1. The number of nitrogens with zero attached hydrogens (tertiary/aromatic N) is 2. The Balaban J connectivity index is 0.00000147. The van der Waals surface area contributed by atoms with Gasteiger partial charge >= 0.3 is 0 Å². The number of hydrogen-bond donors (Lipinski definition) is 1. The second-order valence-corrected chi connectivity index (χ2v) is 5.77. The van der Waals surface area contributed by atoms with Crippen molar-refractivity contribution < 1.29 is 4.42 Å². The lowest BCUT2D eigenvalue weighted by Crippen LogP contribution is -2.12. The molecule has 0 bridgehead atoms. The highest BCUT2D eigenvalue weighted by Gasteiger charge is 2.22. The van der Waals surface area contributed by atoms with Crippen molar-refractivity contribution in [2.24, 2.45) is 0 Å². The average Bonchev–Trinajstić information content (AvgIpc) is 3.09. The number of hydrogen-bond acceptors (Lipinski definition) is 5. The van der Waals surface area contributed by atoms with Crippen molar-refractivity contribution in [1.82, 2.24) is 15.5 Å². The zero-order valence-electron chi connectivity index (χ0n) is 10.7. The van der Waals surface area contributed by atoms with E-state index in [1.807, 2.05) is 24.3 Å². The van der Waals surface area contributed by atoms with Gasteiger partial charge in [-0.3, -0.25) is 0 Å². The summed E-state index contributed by atoms with van der Waals surface area (Å²) in [5.74, 6) is 1.43. The van der Waals surface area contributed by atoms with Crippen molar-refractivity contribution in [2.45, 2.75) is 29.9 Å². The van der Waals surface area contributed by atoms with Gasteiger partial charge in [0, 0.05) is 10.8 Å². The number of nitrogens with one attached hydrogen (secondary N) is 1. The van der Waals surface area contributed by atoms with Crippen LogP contribution >= 0.6 is 35.8 Å². The highest BCUT2D eigenvalue weighted by molar-refractivity contribution is 7.98. The van der Waals surface area contributed by atoms with Gasteiger partial charge in [0.05, 0.1) is 6.04 Å². The van der Waals surface area contributed by atoms with E-state index in [-0.39, 0.29) is 18.4 Å². The summed E-state index contributed by atoms with van der Waals surface area (Å²) in [6.07, 6.45) is 2.23. The fourth-order valence-corrected chi connectivity index (χ4v) is 3.13. The molecule has 2 aromatic rings. The molecule has 0 amide bonds. The van der Waals surface area contributed by atoms with Gasteiger partial charge in [-0.15, -0.1) is 22.6 Å². The van der Waals surface area contributed by atoms with Gasteiger partial charge in [0.1, 0.15) is 0 Å². The van der Waals surface area contributed by atoms with Crippen LogP contribution in [0.5, 0.6) is 0 Å². The van der Waals surface area contributed by atoms with E-state index in [0.29, 0.717) is 11.1 Å². The van der Waals surface area contributed by atoms with Gasteiger partial charge in [0.15, 0.2) is 0 Å². The van der Waals surface area contributed by atoms with Gasteiger partial charge in [-0.05, 0) is 31.0 Å². The summed E-state index contributed by atoms with van der Waals surface area (Å²) in [5, 5.41) is 12.9. The average molecular weight is 332 g/mol. The van der Waals surface area contributed by atoms with E-state index in [9.17, 15) is 0 Å². The second-order valence-electron chi connectivity index (χ2n) is 4.44. The Kier molecular flexibility index (Phi) is 5.72. The third-order valence-electron chi connectivity index (χ3n) is 3.09. The molecule has 7 heteroatoms. The number of thioether (sulfide) groups is 1. The van der Waals surface area contributed by atoms with E-state index in [1.54, 1.807) is 0 Å². The molecule has 1 aliphatic heterocycles. The molecule has 1 aromatic heterocycles. The first kappa shape index (κ1) is 15.6. The van der Waals surface area contributed by atoms with E-state index in [2.05, 4.69) is 15.5 Å². The number of rotatable bonds is 4. The molecule has 0 radical (unpaired) electrons. The van der Waals surface area contributed by atoms with Crippen LogP contribution in [0.15, 0.2) is 33.9 Å². The minimum atomic E-state index is 0. The van der Waals surface area contributed by atoms with Crippen LogP contribution in [-0.2, 0) is 5.75 Å². The van der Waals surface area contributed by atoms with Gasteiger partial charge in [-0.1, -0.05) is 41.6 Å². The molecule has 1 saturated heterocycles. The van der Waals surface area contributed by atoms with E-state index in [1.165, 1.54) is 11.8 Å². The molecule has 1 aromatic carbocycles. The maximum Gasteiger partial charge on any atom is 0.276 e. The van der Waals surface area contributed by atoms with Gasteiger partial charge in [-0.2, -0.15) is 0 Å². The lowest BCUT2D eigenvalue weighted by Gasteiger charge is -2.02. The van der Waals surface area contributed by atoms with Crippen molar-refractivity contribution in [3.05, 3.63) is 40.7 Å². The van der Waals surface area contributed by atoms with Crippen LogP contribution in [0.2, 0.25) is 5.02 Å². The van der Waals surface area contributed by atoms with Crippen LogP contribution in [0, 0.1) is 0 Å². The van der Waals surface area contributed by atoms with Crippen molar-refractivity contribution >= 4 is 35.8 Å². The molecule has 20 heavy (non-hydrogen) atoms. The molecule has 108 valence electrons. The zero-order chi connectivity index (χ0) is 13.1. The number of benzene rings is 1. The maximum absolute atomic E-state index is 6.11. The highest BCUT2D eigenvalue weighted by atomic mass is 35.5. The normalized spacial score (nSPS) is 17.9. The first-order chi connectivity index (χ1) is 9.33. The van der Waals surface area contributed by atoms with Gasteiger partial charge in [0.25, 0.3) is 5.22 Å². The van der Waals surface area contributed by atoms with Crippen molar-refractivity contribution in [3.63, 3.8) is 0 Å². The van der Waals surface area contributed by atoms with Crippen LogP contribution in [0.3, 0.4) is 0 Å². The Morgan fingerprint density at radius 3 is 2.95 bits per heavy atom. The molecule has 0 aliphatic carbocycles. The molecule has 1 N–H and O–H groups in total. The van der Waals surface area contributed by atoms with Crippen LogP contribution in [-0.4, -0.2) is 16.7 Å². The summed E-state index contributed by atoms with van der Waals surface area (Å²) in [5.41, 5.74) is 1.08. The Morgan fingerprint density at radius 2 is 2.20 bits per heavy atom. The fraction of sp³-hybridized carbons (Fsp3) is 0.385. The molecule has 1 atom stereocenters. The molecule has 1 unspecified atom stereocenters. The standard InChI is InChI=1S/C13H14ClN3OS.ClH/c14-10-5-2-1-4-9(10)8-19-13-17-16-12(18-13)11-6-3-7-15-11;/h1-2,4-5,11,15H,3,6-8H2;1H. The first-order valence-corrected chi connectivity index (χ1v) is 7.62. The summed E-state index contributed by atoms with van der Waals surface area (Å²) in [4.78, 5) is 0. The quantitative estimate of drug-likeness (QED) is 0.862. The third kappa shape index (κ3) is 3.67. The van der Waals surface area contributed by atoms with Crippen molar-refractivity contribution in [3.8, 4) is 0 Å². The van der Waals surface area contributed by atoms with Gasteiger partial charge < -0.3 is 9.73 Å². The van der Waals surface area contributed by atoms with Crippen molar-refractivity contribution in [2.75, 3.05) is 6.54 Å². The maximum atomic E-state index is 6.11. The number of halogens is 2. The number of aromatic nitrogens is 2.